The topological polar surface area (TPSA) is 88.4 Å². The molecule has 1 N–H and O–H groups in total. The van der Waals surface area contributed by atoms with Crippen LogP contribution in [0.5, 0.6) is 5.75 Å². The highest BCUT2D eigenvalue weighted by Gasteiger charge is 2.24. The fraction of sp³-hybridized carbons (Fsp3) is 0.350. The molecule has 140 valence electrons. The Morgan fingerprint density at radius 1 is 1.30 bits per heavy atom. The Morgan fingerprint density at radius 3 is 2.81 bits per heavy atom. The highest BCUT2D eigenvalue weighted by Crippen LogP contribution is 2.39. The molecule has 1 heterocycles. The van der Waals surface area contributed by atoms with Crippen molar-refractivity contribution in [1.82, 2.24) is 0 Å². The van der Waals surface area contributed by atoms with Gasteiger partial charge in [0, 0.05) is 4.88 Å². The summed E-state index contributed by atoms with van der Waals surface area (Å²) in [4.78, 5) is 25.0. The van der Waals surface area contributed by atoms with Crippen molar-refractivity contribution in [3.8, 4) is 11.8 Å². The molecule has 1 aliphatic carbocycles. The number of thiophene rings is 1. The molecule has 6 nitrogen and oxygen atoms in total. The molecule has 0 aliphatic heterocycles. The molecule has 7 heteroatoms. The molecule has 0 radical (unpaired) electrons. The minimum absolute atomic E-state index is 0.272. The van der Waals surface area contributed by atoms with Gasteiger partial charge in [-0.25, -0.2) is 4.79 Å². The maximum Gasteiger partial charge on any atom is 0.344 e. The molecule has 2 aromatic rings. The number of nitrogens with zero attached hydrogens (tertiary/aromatic N) is 1. The first-order valence-electron chi connectivity index (χ1n) is 8.74. The Bertz CT molecular complexity index is 870. The second kappa shape index (κ2) is 8.69. The monoisotopic (exact) mass is 384 g/mol. The van der Waals surface area contributed by atoms with Crippen LogP contribution in [0.1, 0.15) is 29.3 Å². The number of ether oxygens (including phenoxy) is 2. The van der Waals surface area contributed by atoms with Gasteiger partial charge in [0.15, 0.2) is 13.2 Å². The van der Waals surface area contributed by atoms with E-state index in [0.29, 0.717) is 22.2 Å². The van der Waals surface area contributed by atoms with Crippen LogP contribution in [-0.4, -0.2) is 25.1 Å². The van der Waals surface area contributed by atoms with Gasteiger partial charge in [-0.05, 0) is 42.9 Å². The van der Waals surface area contributed by atoms with E-state index in [9.17, 15) is 14.9 Å². The summed E-state index contributed by atoms with van der Waals surface area (Å²) in [5.41, 5.74) is 1.58. The molecular weight excluding hydrogens is 364 g/mol. The smallest absolute Gasteiger partial charge is 0.344 e. The maximum absolute atomic E-state index is 12.1. The Labute approximate surface area is 161 Å². The van der Waals surface area contributed by atoms with Crippen molar-refractivity contribution in [3.63, 3.8) is 0 Å². The van der Waals surface area contributed by atoms with Gasteiger partial charge in [0.05, 0.1) is 5.56 Å². The molecule has 3 rings (SSSR count). The van der Waals surface area contributed by atoms with Crippen LogP contribution >= 0.6 is 11.3 Å². The number of hydrogen-bond donors (Lipinski definition) is 1. The number of anilines is 1. The van der Waals surface area contributed by atoms with Crippen molar-refractivity contribution in [2.24, 2.45) is 5.92 Å². The lowest BCUT2D eigenvalue weighted by atomic mass is 9.89. The molecule has 0 unspecified atom stereocenters. The van der Waals surface area contributed by atoms with Gasteiger partial charge in [0.2, 0.25) is 0 Å². The van der Waals surface area contributed by atoms with E-state index < -0.39 is 18.5 Å². The second-order valence-corrected chi connectivity index (χ2v) is 7.58. The predicted octanol–water partition coefficient (Wildman–Crippen LogP) is 3.31. The van der Waals surface area contributed by atoms with Crippen LogP contribution in [0.3, 0.4) is 0 Å². The van der Waals surface area contributed by atoms with Gasteiger partial charge < -0.3 is 14.8 Å². The second-order valence-electron chi connectivity index (χ2n) is 6.48. The third-order valence-corrected chi connectivity index (χ3v) is 5.51. The van der Waals surface area contributed by atoms with Gasteiger partial charge in [-0.3, -0.25) is 4.79 Å². The van der Waals surface area contributed by atoms with E-state index >= 15 is 0 Å². The summed E-state index contributed by atoms with van der Waals surface area (Å²) in [5.74, 6) is 0.0350. The number of hydrogen-bond acceptors (Lipinski definition) is 6. The number of carbonyl (C=O) groups excluding carboxylic acids is 2. The standard InChI is InChI=1S/C20H20N2O4S/c1-13-7-8-15-16(10-21)20(27-17(15)9-13)22-18(23)11-26-19(24)12-25-14-5-3-2-4-6-14/h2-6,13H,7-9,11-12H2,1H3,(H,22,23)/t13-/m0/s1. The van der Waals surface area contributed by atoms with Crippen molar-refractivity contribution in [2.45, 2.75) is 26.2 Å². The molecule has 27 heavy (non-hydrogen) atoms. The SMILES string of the molecule is C[C@H]1CCc2c(sc(NC(=O)COC(=O)COc3ccccc3)c2C#N)C1. The number of para-hydroxylation sites is 1. The first-order chi connectivity index (χ1) is 13.1. The van der Waals surface area contributed by atoms with E-state index in [1.54, 1.807) is 24.3 Å². The van der Waals surface area contributed by atoms with Crippen molar-refractivity contribution >= 4 is 28.2 Å². The number of amides is 1. The van der Waals surface area contributed by atoms with E-state index in [1.807, 2.05) is 6.07 Å². The van der Waals surface area contributed by atoms with Gasteiger partial charge in [-0.2, -0.15) is 5.26 Å². The number of fused-ring (bicyclic) bond motifs is 1. The lowest BCUT2D eigenvalue weighted by Crippen LogP contribution is -2.23. The first kappa shape index (κ1) is 18.9. The van der Waals surface area contributed by atoms with Gasteiger partial charge in [0.1, 0.15) is 16.8 Å². The molecule has 1 aromatic heterocycles. The maximum atomic E-state index is 12.1. The Morgan fingerprint density at radius 2 is 2.07 bits per heavy atom. The molecule has 1 aromatic carbocycles. The molecule has 1 aliphatic rings. The van der Waals surface area contributed by atoms with E-state index in [2.05, 4.69) is 18.3 Å². The Balaban J connectivity index is 1.51. The minimum atomic E-state index is -0.631. The number of nitriles is 1. The van der Waals surface area contributed by atoms with E-state index in [0.717, 1.165) is 29.7 Å². The molecule has 0 spiro atoms. The summed E-state index contributed by atoms with van der Waals surface area (Å²) in [6.07, 6.45) is 2.83. The van der Waals surface area contributed by atoms with Crippen LogP contribution in [0.4, 0.5) is 5.00 Å². The Kier molecular flexibility index (Phi) is 6.09. The quantitative estimate of drug-likeness (QED) is 0.772. The average molecular weight is 384 g/mol. The van der Waals surface area contributed by atoms with Gasteiger partial charge >= 0.3 is 5.97 Å². The zero-order valence-electron chi connectivity index (χ0n) is 15.0. The van der Waals surface area contributed by atoms with E-state index in [1.165, 1.54) is 11.3 Å². The number of carbonyl (C=O) groups is 2. The number of benzene rings is 1. The summed E-state index contributed by atoms with van der Waals surface area (Å²) in [6.45, 7) is 1.50. The van der Waals surface area contributed by atoms with Crippen LogP contribution in [-0.2, 0) is 27.2 Å². The van der Waals surface area contributed by atoms with E-state index in [4.69, 9.17) is 9.47 Å². The summed E-state index contributed by atoms with van der Waals surface area (Å²) in [6, 6.07) is 11.1. The molecule has 1 amide bonds. The van der Waals surface area contributed by atoms with Crippen LogP contribution in [0.15, 0.2) is 30.3 Å². The highest BCUT2D eigenvalue weighted by molar-refractivity contribution is 7.16. The third-order valence-electron chi connectivity index (χ3n) is 4.34. The average Bonchev–Trinajstić information content (AvgIpc) is 3.01. The van der Waals surface area contributed by atoms with Crippen molar-refractivity contribution in [1.29, 1.82) is 5.26 Å². The number of rotatable bonds is 6. The van der Waals surface area contributed by atoms with Crippen LogP contribution < -0.4 is 10.1 Å². The molecule has 0 saturated carbocycles. The number of esters is 1. The summed E-state index contributed by atoms with van der Waals surface area (Å²) in [7, 11) is 0. The fourth-order valence-electron chi connectivity index (χ4n) is 2.97. The molecular formula is C20H20N2O4S. The fourth-order valence-corrected chi connectivity index (χ4v) is 4.34. The minimum Gasteiger partial charge on any atom is -0.482 e. The molecule has 0 fully saturated rings. The summed E-state index contributed by atoms with van der Waals surface area (Å²) in [5, 5.41) is 12.7. The zero-order valence-corrected chi connectivity index (χ0v) is 15.8. The first-order valence-corrected chi connectivity index (χ1v) is 9.56. The normalized spacial score (nSPS) is 15.3. The van der Waals surface area contributed by atoms with Crippen molar-refractivity contribution in [3.05, 3.63) is 46.3 Å². The number of nitrogens with one attached hydrogen (secondary N) is 1. The predicted molar refractivity (Wildman–Crippen MR) is 102 cm³/mol. The third kappa shape index (κ3) is 4.86. The lowest BCUT2D eigenvalue weighted by molar-refractivity contribution is -0.149. The Hall–Kier alpha value is -2.85. The van der Waals surface area contributed by atoms with Gasteiger partial charge in [0.25, 0.3) is 5.91 Å². The zero-order chi connectivity index (χ0) is 19.2. The highest BCUT2D eigenvalue weighted by atomic mass is 32.1. The van der Waals surface area contributed by atoms with Crippen LogP contribution in [0, 0.1) is 17.2 Å². The lowest BCUT2D eigenvalue weighted by Gasteiger charge is -2.17. The van der Waals surface area contributed by atoms with Crippen LogP contribution in [0.25, 0.3) is 0 Å². The van der Waals surface area contributed by atoms with Gasteiger partial charge in [-0.1, -0.05) is 25.1 Å². The van der Waals surface area contributed by atoms with E-state index in [-0.39, 0.29) is 6.61 Å². The molecule has 0 saturated heterocycles. The summed E-state index contributed by atoms with van der Waals surface area (Å²) >= 11 is 1.44. The molecule has 1 atom stereocenters. The summed E-state index contributed by atoms with van der Waals surface area (Å²) < 4.78 is 10.2. The molecule has 0 bridgehead atoms. The largest absolute Gasteiger partial charge is 0.482 e. The van der Waals surface area contributed by atoms with Gasteiger partial charge in [-0.15, -0.1) is 11.3 Å². The van der Waals surface area contributed by atoms with Crippen LogP contribution in [0.2, 0.25) is 0 Å². The van der Waals surface area contributed by atoms with Crippen molar-refractivity contribution in [2.75, 3.05) is 18.5 Å². The van der Waals surface area contributed by atoms with Crippen molar-refractivity contribution < 1.29 is 19.1 Å².